The lowest BCUT2D eigenvalue weighted by Crippen LogP contribution is -2.55. The number of fused-ring (bicyclic) bond motifs is 1. The number of aromatic nitrogens is 1. The number of hydrogen-bond donors (Lipinski definition) is 2. The normalized spacial score (nSPS) is 16.7. The average Bonchev–Trinajstić information content (AvgIpc) is 3.38. The summed E-state index contributed by atoms with van der Waals surface area (Å²) in [5.41, 5.74) is 2.39. The second-order valence-electron chi connectivity index (χ2n) is 18.7. The van der Waals surface area contributed by atoms with Gasteiger partial charge < -0.3 is 23.5 Å². The number of carboxylic acid groups (broad SMARTS) is 1. The topological polar surface area (TPSA) is 119 Å². The number of aliphatic hydroxyl groups excluding tert-OH is 1. The molecule has 0 unspecified atom stereocenters. The molecule has 0 aliphatic rings. The lowest BCUT2D eigenvalue weighted by atomic mass is 9.71. The average molecular weight is 758 g/mol. The number of ketones is 1. The molecule has 0 amide bonds. The van der Waals surface area contributed by atoms with Gasteiger partial charge >= 0.3 is 5.97 Å². The fraction of sp³-hybridized carbons (Fsp3) is 0.690. The van der Waals surface area contributed by atoms with Crippen LogP contribution in [-0.4, -0.2) is 55.8 Å². The third-order valence-electron chi connectivity index (χ3n) is 11.8. The standard InChI is InChI=1S/C42H71NO7Si2/c1-17-19-32(39(47)42(11,12)36(27-37(45)46)49-51(13,14)40(5,6)7)38(50-52(15,16)41(8,9)10)29(3)21-18-20-28(2)22-24-34(44)31-23-25-35-33(26-31)43-30(4)48-35/h17,22-23,25-26,29,32,34,36,38,44H,1,18-21,24,27H2,2-16H3,(H,45,46)/b28-22-/t29-,32+,34-,36-,38-/m0/s1. The van der Waals surface area contributed by atoms with Crippen LogP contribution in [0.4, 0.5) is 0 Å². The Morgan fingerprint density at radius 1 is 0.981 bits per heavy atom. The largest absolute Gasteiger partial charge is 0.481 e. The number of rotatable bonds is 20. The number of allylic oxidation sites excluding steroid dienone is 2. The first-order chi connectivity index (χ1) is 23.6. The molecule has 0 aliphatic carbocycles. The van der Waals surface area contributed by atoms with Crippen molar-refractivity contribution in [2.24, 2.45) is 17.3 Å². The summed E-state index contributed by atoms with van der Waals surface area (Å²) in [6.45, 7) is 35.5. The minimum absolute atomic E-state index is 0.0306. The Bertz CT molecular complexity index is 1540. The zero-order valence-electron chi connectivity index (χ0n) is 35.1. The molecule has 2 rings (SSSR count). The number of oxazole rings is 1. The Kier molecular flexibility index (Phi) is 15.7. The number of carbonyl (C=O) groups excluding carboxylic acids is 1. The quantitative estimate of drug-likeness (QED) is 0.101. The lowest BCUT2D eigenvalue weighted by Gasteiger charge is -2.47. The van der Waals surface area contributed by atoms with Crippen molar-refractivity contribution in [3.8, 4) is 0 Å². The molecule has 52 heavy (non-hydrogen) atoms. The van der Waals surface area contributed by atoms with Crippen molar-refractivity contribution in [3.63, 3.8) is 0 Å². The number of Topliss-reactive ketones (excluding diaryl/α,β-unsaturated/α-hetero) is 1. The van der Waals surface area contributed by atoms with Crippen LogP contribution >= 0.6 is 0 Å². The van der Waals surface area contributed by atoms with E-state index in [1.54, 1.807) is 6.08 Å². The Labute approximate surface area is 317 Å². The second kappa shape index (κ2) is 17.8. The number of aryl methyl sites for hydroxylation is 1. The van der Waals surface area contributed by atoms with Crippen LogP contribution in [0.2, 0.25) is 36.3 Å². The van der Waals surface area contributed by atoms with Crippen LogP contribution in [0.3, 0.4) is 0 Å². The summed E-state index contributed by atoms with van der Waals surface area (Å²) in [6, 6.07) is 5.62. The van der Waals surface area contributed by atoms with Crippen molar-refractivity contribution in [2.45, 2.75) is 169 Å². The van der Waals surface area contributed by atoms with E-state index in [1.807, 2.05) is 39.0 Å². The van der Waals surface area contributed by atoms with Gasteiger partial charge in [-0.15, -0.1) is 6.58 Å². The number of carboxylic acids is 1. The van der Waals surface area contributed by atoms with Crippen molar-refractivity contribution in [1.29, 1.82) is 0 Å². The van der Waals surface area contributed by atoms with Crippen LogP contribution in [0.5, 0.6) is 0 Å². The van der Waals surface area contributed by atoms with Gasteiger partial charge in [0.1, 0.15) is 11.3 Å². The maximum Gasteiger partial charge on any atom is 0.305 e. The van der Waals surface area contributed by atoms with E-state index in [0.717, 1.165) is 30.3 Å². The van der Waals surface area contributed by atoms with Gasteiger partial charge in [-0.3, -0.25) is 9.59 Å². The summed E-state index contributed by atoms with van der Waals surface area (Å²) < 4.78 is 19.5. The van der Waals surface area contributed by atoms with Gasteiger partial charge in [-0.2, -0.15) is 0 Å². The van der Waals surface area contributed by atoms with Gasteiger partial charge in [0.15, 0.2) is 28.1 Å². The molecular formula is C42H71NO7Si2. The molecule has 10 heteroatoms. The van der Waals surface area contributed by atoms with Crippen LogP contribution < -0.4 is 0 Å². The monoisotopic (exact) mass is 757 g/mol. The highest BCUT2D eigenvalue weighted by Gasteiger charge is 2.50. The predicted octanol–water partition coefficient (Wildman–Crippen LogP) is 11.4. The Hall–Kier alpha value is -2.38. The molecule has 1 aromatic carbocycles. The first-order valence-corrected chi connectivity index (χ1v) is 24.9. The van der Waals surface area contributed by atoms with Gasteiger partial charge in [0.25, 0.3) is 0 Å². The van der Waals surface area contributed by atoms with Crippen molar-refractivity contribution >= 4 is 39.5 Å². The zero-order chi connectivity index (χ0) is 40.0. The molecule has 0 spiro atoms. The van der Waals surface area contributed by atoms with Gasteiger partial charge in [-0.05, 0) is 98.9 Å². The smallest absolute Gasteiger partial charge is 0.305 e. The summed E-state index contributed by atoms with van der Waals surface area (Å²) in [7, 11) is -4.75. The Morgan fingerprint density at radius 2 is 1.56 bits per heavy atom. The molecule has 0 fully saturated rings. The highest BCUT2D eigenvalue weighted by Crippen LogP contribution is 2.45. The summed E-state index contributed by atoms with van der Waals surface area (Å²) in [4.78, 5) is 31.5. The van der Waals surface area contributed by atoms with Gasteiger partial charge in [0, 0.05) is 18.3 Å². The number of benzene rings is 1. The van der Waals surface area contributed by atoms with Crippen molar-refractivity contribution in [3.05, 3.63) is 54.0 Å². The molecule has 1 aromatic heterocycles. The number of carbonyl (C=O) groups is 2. The molecule has 0 aliphatic heterocycles. The maximum absolute atomic E-state index is 14.9. The fourth-order valence-electron chi connectivity index (χ4n) is 6.14. The molecule has 0 saturated carbocycles. The molecule has 2 aromatic rings. The van der Waals surface area contributed by atoms with Gasteiger partial charge in [-0.1, -0.05) is 86.1 Å². The molecule has 294 valence electrons. The molecule has 2 N–H and O–H groups in total. The number of aliphatic hydroxyl groups is 1. The highest BCUT2D eigenvalue weighted by molar-refractivity contribution is 6.74. The molecule has 0 radical (unpaired) electrons. The number of aliphatic carboxylic acids is 1. The summed E-state index contributed by atoms with van der Waals surface area (Å²) in [5.74, 6) is -0.862. The SMILES string of the molecule is C=CC[C@@H](C(=O)C(C)(C)[C@H](CC(=O)O)O[Si](C)(C)C(C)(C)C)[C@@H](O[Si](C)(C)C(C)(C)C)[C@@H](C)CCC/C(C)=C\C[C@H](O)c1ccc2oc(C)nc2c1. The van der Waals surface area contributed by atoms with Gasteiger partial charge in [0.05, 0.1) is 24.7 Å². The fourth-order valence-corrected chi connectivity index (χ4v) is 9.01. The lowest BCUT2D eigenvalue weighted by molar-refractivity contribution is -0.146. The number of nitrogens with zero attached hydrogens (tertiary/aromatic N) is 1. The molecule has 1 heterocycles. The first kappa shape index (κ1) is 45.8. The maximum atomic E-state index is 14.9. The van der Waals surface area contributed by atoms with E-state index < -0.39 is 46.1 Å². The predicted molar refractivity (Wildman–Crippen MR) is 219 cm³/mol. The highest BCUT2D eigenvalue weighted by atomic mass is 28.4. The molecular weight excluding hydrogens is 687 g/mol. The third kappa shape index (κ3) is 12.1. The van der Waals surface area contributed by atoms with Crippen LogP contribution in [-0.2, 0) is 18.4 Å². The second-order valence-corrected chi connectivity index (χ2v) is 28.2. The van der Waals surface area contributed by atoms with Crippen LogP contribution in [0, 0.1) is 24.2 Å². The van der Waals surface area contributed by atoms with Gasteiger partial charge in [0.2, 0.25) is 0 Å². The minimum atomic E-state index is -2.42. The molecule has 0 saturated heterocycles. The Balaban J connectivity index is 2.34. The number of hydrogen-bond acceptors (Lipinski definition) is 7. The molecule has 8 nitrogen and oxygen atoms in total. The van der Waals surface area contributed by atoms with Crippen molar-refractivity contribution in [1.82, 2.24) is 4.98 Å². The van der Waals surface area contributed by atoms with E-state index in [2.05, 4.69) is 99.2 Å². The summed E-state index contributed by atoms with van der Waals surface area (Å²) in [5, 5.41) is 20.7. The van der Waals surface area contributed by atoms with E-state index in [9.17, 15) is 19.8 Å². The Morgan fingerprint density at radius 3 is 2.10 bits per heavy atom. The molecule has 5 atom stereocenters. The van der Waals surface area contributed by atoms with Crippen molar-refractivity contribution < 1.29 is 33.1 Å². The van der Waals surface area contributed by atoms with Crippen LogP contribution in [0.1, 0.15) is 125 Å². The van der Waals surface area contributed by atoms with Crippen LogP contribution in [0.25, 0.3) is 11.1 Å². The van der Waals surface area contributed by atoms with Crippen molar-refractivity contribution in [2.75, 3.05) is 0 Å². The zero-order valence-corrected chi connectivity index (χ0v) is 37.1. The summed E-state index contributed by atoms with van der Waals surface area (Å²) in [6.07, 6.45) is 5.40. The van der Waals surface area contributed by atoms with E-state index in [4.69, 9.17) is 13.3 Å². The van der Waals surface area contributed by atoms with Gasteiger partial charge in [-0.25, -0.2) is 4.98 Å². The minimum Gasteiger partial charge on any atom is -0.481 e. The molecule has 0 bridgehead atoms. The van der Waals surface area contributed by atoms with E-state index in [-0.39, 0.29) is 34.3 Å². The van der Waals surface area contributed by atoms with E-state index in [0.29, 0.717) is 24.3 Å². The first-order valence-electron chi connectivity index (χ1n) is 19.1. The third-order valence-corrected chi connectivity index (χ3v) is 20.8. The van der Waals surface area contributed by atoms with Crippen LogP contribution in [0.15, 0.2) is 46.9 Å². The van der Waals surface area contributed by atoms with E-state index >= 15 is 0 Å². The van der Waals surface area contributed by atoms with E-state index in [1.165, 1.54) is 5.57 Å². The summed E-state index contributed by atoms with van der Waals surface area (Å²) >= 11 is 0.